The summed E-state index contributed by atoms with van der Waals surface area (Å²) in [6.45, 7) is 3.54. The lowest BCUT2D eigenvalue weighted by atomic mass is 10.1. The zero-order valence-corrected chi connectivity index (χ0v) is 16.4. The highest BCUT2D eigenvalue weighted by atomic mass is 16.5. The van der Waals surface area contributed by atoms with Crippen molar-refractivity contribution < 1.29 is 14.3 Å². The van der Waals surface area contributed by atoms with Gasteiger partial charge in [0.15, 0.2) is 12.3 Å². The Balaban J connectivity index is 1.92. The van der Waals surface area contributed by atoms with E-state index in [1.807, 2.05) is 19.9 Å². The maximum atomic E-state index is 12.8. The van der Waals surface area contributed by atoms with E-state index in [9.17, 15) is 14.4 Å². The molecule has 0 saturated heterocycles. The third-order valence-electron chi connectivity index (χ3n) is 4.68. The van der Waals surface area contributed by atoms with E-state index < -0.39 is 12.6 Å². The van der Waals surface area contributed by atoms with Gasteiger partial charge in [-0.1, -0.05) is 50.2 Å². The molecule has 7 nitrogen and oxygen atoms in total. The molecule has 1 amide bonds. The maximum Gasteiger partial charge on any atom is 0.359 e. The first kappa shape index (κ1) is 20.3. The molecule has 0 aliphatic carbocycles. The fraction of sp³-hybridized carbons (Fsp3) is 0.273. The predicted molar refractivity (Wildman–Crippen MR) is 110 cm³/mol. The smallest absolute Gasteiger partial charge is 0.359 e. The molecule has 7 heteroatoms. The van der Waals surface area contributed by atoms with Gasteiger partial charge in [0, 0.05) is 11.4 Å². The number of amides is 1. The summed E-state index contributed by atoms with van der Waals surface area (Å²) in [6.07, 6.45) is 1.59. The average Bonchev–Trinajstić information content (AvgIpc) is 2.77. The first-order chi connectivity index (χ1) is 14.0. The number of hydrogen-bond acceptors (Lipinski definition) is 5. The SMILES string of the molecule is CCC(CC)NC(=O)COC(=O)c1nn(-c2ccccc2)c(=O)c2ccccc12. The number of carbonyl (C=O) groups is 2. The van der Waals surface area contributed by atoms with Crippen LogP contribution < -0.4 is 10.9 Å². The van der Waals surface area contributed by atoms with E-state index in [1.165, 1.54) is 4.68 Å². The van der Waals surface area contributed by atoms with Crippen LogP contribution in [0.4, 0.5) is 0 Å². The van der Waals surface area contributed by atoms with Crippen LogP contribution in [-0.4, -0.2) is 34.3 Å². The van der Waals surface area contributed by atoms with Crippen molar-refractivity contribution in [3.05, 3.63) is 70.6 Å². The fourth-order valence-electron chi connectivity index (χ4n) is 3.05. The molecular weight excluding hydrogens is 370 g/mol. The van der Waals surface area contributed by atoms with E-state index in [-0.39, 0.29) is 23.2 Å². The van der Waals surface area contributed by atoms with E-state index in [1.54, 1.807) is 48.5 Å². The van der Waals surface area contributed by atoms with Crippen molar-refractivity contribution in [1.29, 1.82) is 0 Å². The minimum atomic E-state index is -0.759. The summed E-state index contributed by atoms with van der Waals surface area (Å²) < 4.78 is 6.36. The van der Waals surface area contributed by atoms with Crippen LogP contribution in [0.25, 0.3) is 16.5 Å². The molecule has 0 spiro atoms. The van der Waals surface area contributed by atoms with Gasteiger partial charge in [-0.25, -0.2) is 4.79 Å². The molecule has 3 rings (SSSR count). The second kappa shape index (κ2) is 9.14. The van der Waals surface area contributed by atoms with Gasteiger partial charge in [-0.2, -0.15) is 9.78 Å². The van der Waals surface area contributed by atoms with Crippen molar-refractivity contribution >= 4 is 22.6 Å². The third kappa shape index (κ3) is 4.51. The first-order valence-electron chi connectivity index (χ1n) is 9.59. The van der Waals surface area contributed by atoms with Crippen molar-refractivity contribution in [3.8, 4) is 5.69 Å². The van der Waals surface area contributed by atoms with Crippen molar-refractivity contribution in [3.63, 3.8) is 0 Å². The van der Waals surface area contributed by atoms with Gasteiger partial charge in [-0.15, -0.1) is 0 Å². The van der Waals surface area contributed by atoms with Crippen molar-refractivity contribution in [2.24, 2.45) is 0 Å². The molecule has 0 unspecified atom stereocenters. The molecule has 2 aromatic carbocycles. The molecule has 0 fully saturated rings. The second-order valence-electron chi connectivity index (χ2n) is 6.60. The van der Waals surface area contributed by atoms with Gasteiger partial charge in [-0.05, 0) is 31.0 Å². The normalized spacial score (nSPS) is 10.9. The number of carbonyl (C=O) groups excluding carboxylic acids is 2. The highest BCUT2D eigenvalue weighted by Crippen LogP contribution is 2.16. The number of fused-ring (bicyclic) bond motifs is 1. The van der Waals surface area contributed by atoms with Crippen LogP contribution in [0.15, 0.2) is 59.4 Å². The number of nitrogens with zero attached hydrogens (tertiary/aromatic N) is 2. The number of hydrogen-bond donors (Lipinski definition) is 1. The monoisotopic (exact) mass is 393 g/mol. The van der Waals surface area contributed by atoms with Crippen LogP contribution in [0.5, 0.6) is 0 Å². The van der Waals surface area contributed by atoms with E-state index >= 15 is 0 Å². The summed E-state index contributed by atoms with van der Waals surface area (Å²) in [6, 6.07) is 15.6. The Kier molecular flexibility index (Phi) is 6.39. The predicted octanol–water partition coefficient (Wildman–Crippen LogP) is 2.85. The molecule has 3 aromatic rings. The maximum absolute atomic E-state index is 12.8. The second-order valence-corrected chi connectivity index (χ2v) is 6.60. The number of esters is 1. The van der Waals surface area contributed by atoms with Crippen LogP contribution >= 0.6 is 0 Å². The van der Waals surface area contributed by atoms with Gasteiger partial charge in [-0.3, -0.25) is 9.59 Å². The summed E-state index contributed by atoms with van der Waals surface area (Å²) >= 11 is 0. The number of aromatic nitrogens is 2. The minimum absolute atomic E-state index is 0.0145. The molecule has 29 heavy (non-hydrogen) atoms. The largest absolute Gasteiger partial charge is 0.451 e. The van der Waals surface area contributed by atoms with Crippen molar-refractivity contribution in [2.75, 3.05) is 6.61 Å². The Morgan fingerprint density at radius 3 is 2.28 bits per heavy atom. The number of para-hydroxylation sites is 1. The fourth-order valence-corrected chi connectivity index (χ4v) is 3.05. The lowest BCUT2D eigenvalue weighted by Crippen LogP contribution is -2.37. The highest BCUT2D eigenvalue weighted by Gasteiger charge is 2.20. The lowest BCUT2D eigenvalue weighted by Gasteiger charge is -2.15. The summed E-state index contributed by atoms with van der Waals surface area (Å²) in [5.41, 5.74) is 0.179. The highest BCUT2D eigenvalue weighted by molar-refractivity contribution is 6.02. The number of nitrogens with one attached hydrogen (secondary N) is 1. The summed E-state index contributed by atoms with van der Waals surface area (Å²) in [5.74, 6) is -1.13. The molecule has 0 aliphatic heterocycles. The van der Waals surface area contributed by atoms with Gasteiger partial charge < -0.3 is 10.1 Å². The molecule has 150 valence electrons. The van der Waals surface area contributed by atoms with Crippen LogP contribution in [0.3, 0.4) is 0 Å². The van der Waals surface area contributed by atoms with E-state index in [0.717, 1.165) is 12.8 Å². The Morgan fingerprint density at radius 1 is 1.00 bits per heavy atom. The number of rotatable bonds is 7. The zero-order chi connectivity index (χ0) is 20.8. The Labute approximate surface area is 168 Å². The van der Waals surface area contributed by atoms with E-state index in [4.69, 9.17) is 4.74 Å². The van der Waals surface area contributed by atoms with Crippen LogP contribution in [0.1, 0.15) is 37.2 Å². The Morgan fingerprint density at radius 2 is 1.62 bits per heavy atom. The molecular formula is C22H23N3O4. The Hall–Kier alpha value is -3.48. The summed E-state index contributed by atoms with van der Waals surface area (Å²) in [7, 11) is 0. The van der Waals surface area contributed by atoms with Gasteiger partial charge >= 0.3 is 5.97 Å². The van der Waals surface area contributed by atoms with E-state index in [2.05, 4.69) is 10.4 Å². The average molecular weight is 393 g/mol. The van der Waals surface area contributed by atoms with Crippen LogP contribution in [0.2, 0.25) is 0 Å². The zero-order valence-electron chi connectivity index (χ0n) is 16.4. The Bertz CT molecular complexity index is 1070. The molecule has 1 heterocycles. The quantitative estimate of drug-likeness (QED) is 0.624. The molecule has 0 bridgehead atoms. The molecule has 0 atom stereocenters. The molecule has 0 saturated carbocycles. The van der Waals surface area contributed by atoms with Gasteiger partial charge in [0.05, 0.1) is 11.1 Å². The molecule has 0 aliphatic rings. The summed E-state index contributed by atoms with van der Waals surface area (Å²) in [5, 5.41) is 7.79. The van der Waals surface area contributed by atoms with Gasteiger partial charge in [0.2, 0.25) is 0 Å². The van der Waals surface area contributed by atoms with Gasteiger partial charge in [0.1, 0.15) is 0 Å². The molecule has 0 radical (unpaired) electrons. The van der Waals surface area contributed by atoms with Crippen LogP contribution in [0, 0.1) is 0 Å². The summed E-state index contributed by atoms with van der Waals surface area (Å²) in [4.78, 5) is 37.6. The topological polar surface area (TPSA) is 90.3 Å². The molecule has 1 N–H and O–H groups in total. The molecule has 1 aromatic heterocycles. The van der Waals surface area contributed by atoms with E-state index in [0.29, 0.717) is 16.5 Å². The minimum Gasteiger partial charge on any atom is -0.451 e. The van der Waals surface area contributed by atoms with Crippen molar-refractivity contribution in [1.82, 2.24) is 15.1 Å². The standard InChI is InChI=1S/C22H23N3O4/c1-3-15(4-2)23-19(26)14-29-22(28)20-17-12-8-9-13-18(17)21(27)25(24-20)16-10-6-5-7-11-16/h5-13,15H,3-4,14H2,1-2H3,(H,23,26). The van der Waals surface area contributed by atoms with Gasteiger partial charge in [0.25, 0.3) is 11.5 Å². The first-order valence-corrected chi connectivity index (χ1v) is 9.59. The number of ether oxygens (including phenoxy) is 1. The third-order valence-corrected chi connectivity index (χ3v) is 4.68. The van der Waals surface area contributed by atoms with Crippen molar-refractivity contribution in [2.45, 2.75) is 32.7 Å². The van der Waals surface area contributed by atoms with Crippen LogP contribution in [-0.2, 0) is 9.53 Å². The lowest BCUT2D eigenvalue weighted by molar-refractivity contribution is -0.125. The number of benzene rings is 2.